The van der Waals surface area contributed by atoms with Gasteiger partial charge in [-0.2, -0.15) is 11.8 Å². The van der Waals surface area contributed by atoms with Gasteiger partial charge in [-0.25, -0.2) is 0 Å². The van der Waals surface area contributed by atoms with E-state index in [4.69, 9.17) is 16.0 Å². The molecule has 1 aliphatic heterocycles. The molecule has 2 aromatic rings. The first-order valence-electron chi connectivity index (χ1n) is 8.33. The second-order valence-electron chi connectivity index (χ2n) is 5.97. The van der Waals surface area contributed by atoms with Crippen LogP contribution in [0.4, 0.5) is 0 Å². The summed E-state index contributed by atoms with van der Waals surface area (Å²) in [6, 6.07) is 7.92. The molecule has 0 N–H and O–H groups in total. The normalized spacial score (nSPS) is 15.4. The molecule has 0 aliphatic carbocycles. The van der Waals surface area contributed by atoms with Crippen LogP contribution in [0.2, 0.25) is 5.02 Å². The molecule has 1 saturated heterocycles. The van der Waals surface area contributed by atoms with Crippen molar-refractivity contribution in [1.29, 1.82) is 0 Å². The van der Waals surface area contributed by atoms with Crippen LogP contribution in [-0.2, 0) is 17.1 Å². The average molecular weight is 413 g/mol. The van der Waals surface area contributed by atoms with Gasteiger partial charge in [0.05, 0.1) is 11.5 Å². The molecule has 9 heteroatoms. The Hall–Kier alpha value is -1.22. The summed E-state index contributed by atoms with van der Waals surface area (Å²) in [5.41, 5.74) is 1.20. The van der Waals surface area contributed by atoms with Crippen LogP contribution in [-0.4, -0.2) is 64.1 Å². The van der Waals surface area contributed by atoms with Gasteiger partial charge in [0.1, 0.15) is 0 Å². The van der Waals surface area contributed by atoms with Crippen LogP contribution in [0.5, 0.6) is 0 Å². The lowest BCUT2D eigenvalue weighted by Crippen LogP contribution is -2.48. The van der Waals surface area contributed by atoms with E-state index < -0.39 is 0 Å². The molecule has 1 fully saturated rings. The highest BCUT2D eigenvalue weighted by Gasteiger charge is 2.22. The minimum atomic E-state index is 0.113. The molecule has 26 heavy (non-hydrogen) atoms. The summed E-state index contributed by atoms with van der Waals surface area (Å²) in [4.78, 5) is 16.6. The fourth-order valence-corrected chi connectivity index (χ4v) is 4.00. The van der Waals surface area contributed by atoms with Crippen molar-refractivity contribution in [2.75, 3.05) is 38.2 Å². The minimum Gasteiger partial charge on any atom is -0.415 e. The number of thioether (sulfide) groups is 2. The highest BCUT2D eigenvalue weighted by molar-refractivity contribution is 7.99. The molecule has 3 rings (SSSR count). The van der Waals surface area contributed by atoms with Crippen LogP contribution in [0.3, 0.4) is 0 Å². The molecular formula is C17H21ClN4O2S2. The van der Waals surface area contributed by atoms with E-state index in [0.717, 1.165) is 37.7 Å². The lowest BCUT2D eigenvalue weighted by Gasteiger charge is -2.34. The first kappa shape index (κ1) is 19.5. The third kappa shape index (κ3) is 5.64. The van der Waals surface area contributed by atoms with Crippen molar-refractivity contribution in [3.05, 3.63) is 40.7 Å². The zero-order valence-corrected chi connectivity index (χ0v) is 16.9. The Morgan fingerprint density at radius 2 is 2.08 bits per heavy atom. The van der Waals surface area contributed by atoms with E-state index in [1.54, 1.807) is 11.8 Å². The van der Waals surface area contributed by atoms with Crippen LogP contribution >= 0.6 is 35.1 Å². The van der Waals surface area contributed by atoms with E-state index in [-0.39, 0.29) is 5.91 Å². The van der Waals surface area contributed by atoms with Crippen LogP contribution in [0.15, 0.2) is 33.9 Å². The number of aromatic nitrogens is 2. The topological polar surface area (TPSA) is 62.5 Å². The van der Waals surface area contributed by atoms with Gasteiger partial charge in [0.25, 0.3) is 5.22 Å². The van der Waals surface area contributed by atoms with Gasteiger partial charge in [-0.3, -0.25) is 9.69 Å². The smallest absolute Gasteiger partial charge is 0.277 e. The van der Waals surface area contributed by atoms with Crippen molar-refractivity contribution in [3.63, 3.8) is 0 Å². The maximum absolute atomic E-state index is 12.4. The zero-order valence-electron chi connectivity index (χ0n) is 14.6. The van der Waals surface area contributed by atoms with E-state index in [1.807, 2.05) is 29.4 Å². The number of hydrogen-bond acceptors (Lipinski definition) is 7. The molecule has 0 bridgehead atoms. The molecular weight excluding hydrogens is 392 g/mol. The van der Waals surface area contributed by atoms with Gasteiger partial charge in [-0.1, -0.05) is 35.5 Å². The summed E-state index contributed by atoms with van der Waals surface area (Å²) in [6.07, 6.45) is 1.98. The Bertz CT molecular complexity index is 735. The summed E-state index contributed by atoms with van der Waals surface area (Å²) >= 11 is 8.97. The highest BCUT2D eigenvalue weighted by Crippen LogP contribution is 2.19. The average Bonchev–Trinajstić information content (AvgIpc) is 3.08. The lowest BCUT2D eigenvalue weighted by molar-refractivity contribution is -0.130. The number of carbonyl (C=O) groups excluding carboxylic acids is 1. The Balaban J connectivity index is 1.41. The van der Waals surface area contributed by atoms with E-state index in [2.05, 4.69) is 21.2 Å². The molecule has 0 spiro atoms. The maximum Gasteiger partial charge on any atom is 0.277 e. The van der Waals surface area contributed by atoms with Gasteiger partial charge >= 0.3 is 0 Å². The second kappa shape index (κ2) is 9.64. The summed E-state index contributed by atoms with van der Waals surface area (Å²) in [5, 5.41) is 9.13. The number of benzene rings is 1. The molecule has 1 aromatic carbocycles. The van der Waals surface area contributed by atoms with Crippen LogP contribution < -0.4 is 0 Å². The summed E-state index contributed by atoms with van der Waals surface area (Å²) in [5.74, 6) is 1.73. The quantitative estimate of drug-likeness (QED) is 0.647. The van der Waals surface area contributed by atoms with E-state index in [9.17, 15) is 4.79 Å². The first-order chi connectivity index (χ1) is 12.6. The Morgan fingerprint density at radius 3 is 2.81 bits per heavy atom. The molecule has 0 atom stereocenters. The molecule has 1 aliphatic rings. The van der Waals surface area contributed by atoms with Gasteiger partial charge in [0.15, 0.2) is 0 Å². The van der Waals surface area contributed by atoms with Crippen molar-refractivity contribution in [2.45, 2.75) is 17.5 Å². The number of piperazine rings is 1. The molecule has 0 unspecified atom stereocenters. The Labute approximate surface area is 166 Å². The molecule has 140 valence electrons. The fourth-order valence-electron chi connectivity index (χ4n) is 2.74. The van der Waals surface area contributed by atoms with Crippen molar-refractivity contribution in [1.82, 2.24) is 20.0 Å². The van der Waals surface area contributed by atoms with Gasteiger partial charge in [-0.15, -0.1) is 10.2 Å². The van der Waals surface area contributed by atoms with Crippen molar-refractivity contribution >= 4 is 41.0 Å². The number of halogens is 1. The van der Waals surface area contributed by atoms with Crippen LogP contribution in [0, 0.1) is 0 Å². The lowest BCUT2D eigenvalue weighted by atomic mass is 10.2. The molecule has 1 amide bonds. The largest absolute Gasteiger partial charge is 0.415 e. The Morgan fingerprint density at radius 1 is 1.27 bits per heavy atom. The molecule has 0 saturated carbocycles. The molecule has 0 radical (unpaired) electrons. The third-order valence-corrected chi connectivity index (χ3v) is 5.63. The van der Waals surface area contributed by atoms with Crippen LogP contribution in [0.25, 0.3) is 0 Å². The number of hydrogen-bond donors (Lipinski definition) is 0. The number of rotatable bonds is 7. The van der Waals surface area contributed by atoms with Gasteiger partial charge in [0.2, 0.25) is 11.8 Å². The van der Waals surface area contributed by atoms with Crippen molar-refractivity contribution in [2.24, 2.45) is 0 Å². The fraction of sp³-hybridized carbons (Fsp3) is 0.471. The van der Waals surface area contributed by atoms with Crippen molar-refractivity contribution in [3.8, 4) is 0 Å². The Kier molecular flexibility index (Phi) is 7.24. The van der Waals surface area contributed by atoms with Crippen molar-refractivity contribution < 1.29 is 9.21 Å². The predicted molar refractivity (Wildman–Crippen MR) is 106 cm³/mol. The molecule has 1 aromatic heterocycles. The SMILES string of the molecule is CSCc1nnc(SCC(=O)N2CCN(Cc3cccc(Cl)c3)CC2)o1. The second-order valence-corrected chi connectivity index (χ2v) is 8.20. The number of amides is 1. The summed E-state index contributed by atoms with van der Waals surface area (Å²) in [6.45, 7) is 4.06. The van der Waals surface area contributed by atoms with Gasteiger partial charge < -0.3 is 9.32 Å². The standard InChI is InChI=1S/C17H21ClN4O2S2/c1-25-11-15-19-20-17(24-15)26-12-16(23)22-7-5-21(6-8-22)10-13-3-2-4-14(18)9-13/h2-4,9H,5-8,10-12H2,1H3. The summed E-state index contributed by atoms with van der Waals surface area (Å²) in [7, 11) is 0. The van der Waals surface area contributed by atoms with Gasteiger partial charge in [-0.05, 0) is 24.0 Å². The predicted octanol–water partition coefficient (Wildman–Crippen LogP) is 3.02. The maximum atomic E-state index is 12.4. The first-order valence-corrected chi connectivity index (χ1v) is 11.1. The van der Waals surface area contributed by atoms with Crippen LogP contribution in [0.1, 0.15) is 11.5 Å². The van der Waals surface area contributed by atoms with Gasteiger partial charge in [0, 0.05) is 37.7 Å². The van der Waals surface area contributed by atoms with E-state index >= 15 is 0 Å². The minimum absolute atomic E-state index is 0.113. The van der Waals surface area contributed by atoms with E-state index in [0.29, 0.717) is 22.6 Å². The zero-order chi connectivity index (χ0) is 18.4. The third-order valence-electron chi connectivity index (χ3n) is 4.06. The van der Waals surface area contributed by atoms with E-state index in [1.165, 1.54) is 17.3 Å². The molecule has 2 heterocycles. The monoisotopic (exact) mass is 412 g/mol. The summed E-state index contributed by atoms with van der Waals surface area (Å²) < 4.78 is 5.49. The highest BCUT2D eigenvalue weighted by atomic mass is 35.5. The molecule has 6 nitrogen and oxygen atoms in total. The number of nitrogens with zero attached hydrogens (tertiary/aromatic N) is 4. The number of carbonyl (C=O) groups is 1.